The molecule has 1 aromatic carbocycles. The molecule has 0 aliphatic carbocycles. The molecule has 0 aliphatic rings. The Bertz CT molecular complexity index is 631. The quantitative estimate of drug-likeness (QED) is 0.654. The van der Waals surface area contributed by atoms with Crippen molar-refractivity contribution in [3.63, 3.8) is 0 Å². The number of hydrogen-bond donors (Lipinski definition) is 2. The third-order valence-corrected chi connectivity index (χ3v) is 3.12. The first kappa shape index (κ1) is 15.0. The molecule has 1 aromatic heterocycles. The Morgan fingerprint density at radius 1 is 1.33 bits per heavy atom. The molecule has 5 nitrogen and oxygen atoms in total. The van der Waals surface area contributed by atoms with Gasteiger partial charge in [-0.25, -0.2) is 4.39 Å². The number of nitrogen functional groups attached to an aromatic ring is 1. The Kier molecular flexibility index (Phi) is 4.57. The Hall–Kier alpha value is -2.37. The zero-order valence-corrected chi connectivity index (χ0v) is 12.2. The maximum Gasteiger partial charge on any atom is 0.251 e. The van der Waals surface area contributed by atoms with Gasteiger partial charge < -0.3 is 11.1 Å². The molecule has 0 saturated carbocycles. The second-order valence-corrected chi connectivity index (χ2v) is 5.03. The Morgan fingerprint density at radius 3 is 2.71 bits per heavy atom. The molecule has 6 heteroatoms. The van der Waals surface area contributed by atoms with Crippen molar-refractivity contribution in [3.05, 3.63) is 47.0 Å². The molecular weight excluding hydrogens is 271 g/mol. The van der Waals surface area contributed by atoms with Crippen molar-refractivity contribution in [2.24, 2.45) is 0 Å². The van der Waals surface area contributed by atoms with Crippen LogP contribution in [0.25, 0.3) is 0 Å². The summed E-state index contributed by atoms with van der Waals surface area (Å²) in [5.41, 5.74) is 8.06. The minimum Gasteiger partial charge on any atom is -0.399 e. The van der Waals surface area contributed by atoms with Crippen LogP contribution in [0.5, 0.6) is 0 Å². The maximum atomic E-state index is 13.2. The number of carbonyl (C=O) groups is 1. The van der Waals surface area contributed by atoms with E-state index in [0.29, 0.717) is 6.54 Å². The minimum absolute atomic E-state index is 0.235. The molecule has 0 spiro atoms. The lowest BCUT2D eigenvalue weighted by atomic mass is 10.2. The number of nitrogens with zero attached hydrogens (tertiary/aromatic N) is 2. The van der Waals surface area contributed by atoms with E-state index in [0.717, 1.165) is 24.4 Å². The van der Waals surface area contributed by atoms with E-state index in [1.54, 1.807) is 0 Å². The molecule has 112 valence electrons. The van der Waals surface area contributed by atoms with Crippen LogP contribution in [0.1, 0.15) is 28.2 Å². The van der Waals surface area contributed by atoms with E-state index < -0.39 is 5.82 Å². The van der Waals surface area contributed by atoms with Gasteiger partial charge in [0.15, 0.2) is 0 Å². The molecule has 0 unspecified atom stereocenters. The maximum absolute atomic E-state index is 13.2. The monoisotopic (exact) mass is 290 g/mol. The summed E-state index contributed by atoms with van der Waals surface area (Å²) in [4.78, 5) is 11.9. The van der Waals surface area contributed by atoms with E-state index in [4.69, 9.17) is 5.73 Å². The lowest BCUT2D eigenvalue weighted by molar-refractivity contribution is 0.0952. The van der Waals surface area contributed by atoms with E-state index in [1.165, 1.54) is 18.2 Å². The lowest BCUT2D eigenvalue weighted by Crippen LogP contribution is -2.25. The number of carbonyl (C=O) groups excluding carboxylic acids is 1. The van der Waals surface area contributed by atoms with Crippen molar-refractivity contribution < 1.29 is 9.18 Å². The highest BCUT2D eigenvalue weighted by Crippen LogP contribution is 2.10. The van der Waals surface area contributed by atoms with E-state index in [9.17, 15) is 9.18 Å². The van der Waals surface area contributed by atoms with Crippen LogP contribution in [-0.2, 0) is 6.54 Å². The van der Waals surface area contributed by atoms with Gasteiger partial charge in [0, 0.05) is 30.0 Å². The highest BCUT2D eigenvalue weighted by atomic mass is 19.1. The Labute approximate surface area is 123 Å². The fourth-order valence-electron chi connectivity index (χ4n) is 2.18. The van der Waals surface area contributed by atoms with Crippen LogP contribution in [-0.4, -0.2) is 22.2 Å². The van der Waals surface area contributed by atoms with Gasteiger partial charge in [-0.3, -0.25) is 9.48 Å². The number of hydrogen-bond acceptors (Lipinski definition) is 3. The Morgan fingerprint density at radius 2 is 2.10 bits per heavy atom. The second kappa shape index (κ2) is 6.39. The third-order valence-electron chi connectivity index (χ3n) is 3.12. The summed E-state index contributed by atoms with van der Waals surface area (Å²) >= 11 is 0. The number of aromatic nitrogens is 2. The van der Waals surface area contributed by atoms with Gasteiger partial charge in [0.05, 0.1) is 5.69 Å². The van der Waals surface area contributed by atoms with Gasteiger partial charge in [0.2, 0.25) is 0 Å². The van der Waals surface area contributed by atoms with Crippen LogP contribution in [0.15, 0.2) is 24.3 Å². The molecule has 3 N–H and O–H groups in total. The smallest absolute Gasteiger partial charge is 0.251 e. The number of rotatable bonds is 5. The largest absolute Gasteiger partial charge is 0.399 e. The number of nitrogens with one attached hydrogen (secondary N) is 1. The molecule has 0 fully saturated rings. The van der Waals surface area contributed by atoms with Gasteiger partial charge in [-0.2, -0.15) is 5.10 Å². The molecule has 2 aromatic rings. The normalized spacial score (nSPS) is 10.6. The Balaban J connectivity index is 1.83. The van der Waals surface area contributed by atoms with Crippen LogP contribution in [0, 0.1) is 19.7 Å². The summed E-state index contributed by atoms with van der Waals surface area (Å²) in [5.74, 6) is -0.836. The van der Waals surface area contributed by atoms with E-state index in [2.05, 4.69) is 10.4 Å². The fourth-order valence-corrected chi connectivity index (χ4v) is 2.18. The molecule has 1 heterocycles. The highest BCUT2D eigenvalue weighted by Gasteiger charge is 2.07. The first-order valence-corrected chi connectivity index (χ1v) is 6.81. The second-order valence-electron chi connectivity index (χ2n) is 5.03. The average molecular weight is 290 g/mol. The summed E-state index contributed by atoms with van der Waals surface area (Å²) in [6.45, 7) is 5.16. The summed E-state index contributed by atoms with van der Waals surface area (Å²) in [5, 5.41) is 7.09. The van der Waals surface area contributed by atoms with Crippen LogP contribution in [0.4, 0.5) is 10.1 Å². The van der Waals surface area contributed by atoms with Crippen LogP contribution < -0.4 is 11.1 Å². The van der Waals surface area contributed by atoms with E-state index >= 15 is 0 Å². The van der Waals surface area contributed by atoms with Crippen molar-refractivity contribution in [2.45, 2.75) is 26.8 Å². The van der Waals surface area contributed by atoms with Crippen molar-refractivity contribution >= 4 is 11.6 Å². The fraction of sp³-hybridized carbons (Fsp3) is 0.333. The number of halogens is 1. The zero-order chi connectivity index (χ0) is 15.4. The van der Waals surface area contributed by atoms with Crippen molar-refractivity contribution in [2.75, 3.05) is 12.3 Å². The molecule has 0 aliphatic heterocycles. The summed E-state index contributed by atoms with van der Waals surface area (Å²) in [6, 6.07) is 5.82. The first-order chi connectivity index (χ1) is 9.95. The number of nitrogens with two attached hydrogens (primary N) is 1. The third kappa shape index (κ3) is 4.05. The van der Waals surface area contributed by atoms with Crippen molar-refractivity contribution in [1.29, 1.82) is 0 Å². The number of amides is 1. The van der Waals surface area contributed by atoms with Gasteiger partial charge in [0.25, 0.3) is 5.91 Å². The summed E-state index contributed by atoms with van der Waals surface area (Å²) in [7, 11) is 0. The van der Waals surface area contributed by atoms with Gasteiger partial charge in [0.1, 0.15) is 5.82 Å². The molecule has 2 rings (SSSR count). The average Bonchev–Trinajstić information content (AvgIpc) is 2.71. The standard InChI is InChI=1S/C15H19FN4O/c1-10-6-11(2)20(19-10)5-3-4-18-15(21)12-7-13(16)9-14(17)8-12/h6-9H,3-5,17H2,1-2H3,(H,18,21). The first-order valence-electron chi connectivity index (χ1n) is 6.81. The summed E-state index contributed by atoms with van der Waals surface area (Å²) < 4.78 is 15.1. The topological polar surface area (TPSA) is 72.9 Å². The van der Waals surface area contributed by atoms with Gasteiger partial charge in [-0.05, 0) is 44.5 Å². The van der Waals surface area contributed by atoms with Crippen LogP contribution in [0.2, 0.25) is 0 Å². The molecular formula is C15H19FN4O. The molecule has 21 heavy (non-hydrogen) atoms. The van der Waals surface area contributed by atoms with Gasteiger partial charge >= 0.3 is 0 Å². The predicted octanol–water partition coefficient (Wildman–Crippen LogP) is 2.04. The van der Waals surface area contributed by atoms with Crippen LogP contribution >= 0.6 is 0 Å². The molecule has 0 bridgehead atoms. The number of aryl methyl sites for hydroxylation is 3. The highest BCUT2D eigenvalue weighted by molar-refractivity contribution is 5.95. The molecule has 1 amide bonds. The SMILES string of the molecule is Cc1cc(C)n(CCCNC(=O)c2cc(N)cc(F)c2)n1. The van der Waals surface area contributed by atoms with E-state index in [1.807, 2.05) is 24.6 Å². The van der Waals surface area contributed by atoms with Gasteiger partial charge in [-0.1, -0.05) is 0 Å². The minimum atomic E-state index is -0.511. The predicted molar refractivity (Wildman–Crippen MR) is 79.5 cm³/mol. The van der Waals surface area contributed by atoms with Crippen molar-refractivity contribution in [1.82, 2.24) is 15.1 Å². The molecule has 0 radical (unpaired) electrons. The lowest BCUT2D eigenvalue weighted by Gasteiger charge is -2.07. The van der Waals surface area contributed by atoms with Gasteiger partial charge in [-0.15, -0.1) is 0 Å². The zero-order valence-electron chi connectivity index (χ0n) is 12.2. The van der Waals surface area contributed by atoms with Crippen LogP contribution in [0.3, 0.4) is 0 Å². The number of benzene rings is 1. The molecule has 0 saturated heterocycles. The summed E-state index contributed by atoms with van der Waals surface area (Å²) in [6.07, 6.45) is 0.749. The molecule has 0 atom stereocenters. The van der Waals surface area contributed by atoms with E-state index in [-0.39, 0.29) is 17.2 Å². The van der Waals surface area contributed by atoms with Crippen molar-refractivity contribution in [3.8, 4) is 0 Å². The number of anilines is 1.